The highest BCUT2D eigenvalue weighted by atomic mass is 35.5. The lowest BCUT2D eigenvalue weighted by Crippen LogP contribution is -2.31. The second-order valence-electron chi connectivity index (χ2n) is 5.38. The van der Waals surface area contributed by atoms with Gasteiger partial charge in [0.25, 0.3) is 0 Å². The SMILES string of the molecule is Cc1nc2c(F)cc(-c3nc(Cl)ncc3Cl)cc2n1C1COC1. The Bertz CT molecular complexity index is 923. The van der Waals surface area contributed by atoms with E-state index in [1.807, 2.05) is 17.6 Å². The number of hydrogen-bond donors (Lipinski definition) is 0. The van der Waals surface area contributed by atoms with Crippen molar-refractivity contribution in [3.63, 3.8) is 0 Å². The van der Waals surface area contributed by atoms with Crippen LogP contribution in [-0.2, 0) is 4.74 Å². The first-order chi connectivity index (χ1) is 11.0. The van der Waals surface area contributed by atoms with Crippen LogP contribution in [0, 0.1) is 12.7 Å². The monoisotopic (exact) mass is 352 g/mol. The van der Waals surface area contributed by atoms with Crippen LogP contribution in [0.1, 0.15) is 11.9 Å². The van der Waals surface area contributed by atoms with Gasteiger partial charge < -0.3 is 9.30 Å². The Labute approximate surface area is 141 Å². The predicted octanol–water partition coefficient (Wildman–Crippen LogP) is 3.82. The molecule has 4 rings (SSSR count). The summed E-state index contributed by atoms with van der Waals surface area (Å²) in [5.74, 6) is 0.321. The van der Waals surface area contributed by atoms with Gasteiger partial charge in [0, 0.05) is 5.56 Å². The highest BCUT2D eigenvalue weighted by Crippen LogP contribution is 2.33. The standard InChI is InChI=1S/C15H11Cl2FN4O/c1-7-20-14-11(18)2-8(13-10(16)4-19-15(17)21-13)3-12(14)22(7)9-5-23-6-9/h2-4,9H,5-6H2,1H3. The summed E-state index contributed by atoms with van der Waals surface area (Å²) in [5.41, 5.74) is 1.94. The average Bonchev–Trinajstić information content (AvgIpc) is 2.78. The van der Waals surface area contributed by atoms with Gasteiger partial charge in [-0.25, -0.2) is 19.3 Å². The molecule has 0 saturated carbocycles. The summed E-state index contributed by atoms with van der Waals surface area (Å²) >= 11 is 12.0. The molecule has 0 unspecified atom stereocenters. The Balaban J connectivity index is 1.97. The third kappa shape index (κ3) is 2.38. The van der Waals surface area contributed by atoms with Crippen molar-refractivity contribution in [3.05, 3.63) is 40.3 Å². The molecule has 0 atom stereocenters. The number of halogens is 3. The van der Waals surface area contributed by atoms with Gasteiger partial charge >= 0.3 is 0 Å². The highest BCUT2D eigenvalue weighted by Gasteiger charge is 2.26. The van der Waals surface area contributed by atoms with Gasteiger partial charge in [0.1, 0.15) is 11.3 Å². The molecule has 1 aromatic carbocycles. The largest absolute Gasteiger partial charge is 0.377 e. The van der Waals surface area contributed by atoms with Crippen LogP contribution in [0.2, 0.25) is 10.3 Å². The van der Waals surface area contributed by atoms with Crippen LogP contribution in [0.3, 0.4) is 0 Å². The first kappa shape index (κ1) is 14.8. The van der Waals surface area contributed by atoms with Crippen molar-refractivity contribution in [1.29, 1.82) is 0 Å². The fraction of sp³-hybridized carbons (Fsp3) is 0.267. The Kier molecular flexibility index (Phi) is 3.48. The predicted molar refractivity (Wildman–Crippen MR) is 85.3 cm³/mol. The number of fused-ring (bicyclic) bond motifs is 1. The molecule has 8 heteroatoms. The first-order valence-corrected chi connectivity index (χ1v) is 7.74. The van der Waals surface area contributed by atoms with Gasteiger partial charge in [-0.1, -0.05) is 11.6 Å². The highest BCUT2D eigenvalue weighted by molar-refractivity contribution is 6.33. The molecule has 0 radical (unpaired) electrons. The molecule has 2 aromatic heterocycles. The molecule has 5 nitrogen and oxygen atoms in total. The van der Waals surface area contributed by atoms with Crippen LogP contribution in [0.15, 0.2) is 18.3 Å². The van der Waals surface area contributed by atoms with Crippen molar-refractivity contribution in [1.82, 2.24) is 19.5 Å². The minimum Gasteiger partial charge on any atom is -0.377 e. The molecule has 1 aliphatic heterocycles. The van der Waals surface area contributed by atoms with Crippen molar-refractivity contribution < 1.29 is 9.13 Å². The lowest BCUT2D eigenvalue weighted by atomic mass is 10.1. The quantitative estimate of drug-likeness (QED) is 0.658. The normalized spacial score (nSPS) is 15.1. The van der Waals surface area contributed by atoms with E-state index >= 15 is 0 Å². The minimum absolute atomic E-state index is 0.0574. The van der Waals surface area contributed by atoms with Crippen LogP contribution >= 0.6 is 23.2 Å². The summed E-state index contributed by atoms with van der Waals surface area (Å²) in [5, 5.41) is 0.366. The van der Waals surface area contributed by atoms with Gasteiger partial charge in [-0.3, -0.25) is 0 Å². The molecule has 1 fully saturated rings. The summed E-state index contributed by atoms with van der Waals surface area (Å²) in [6.07, 6.45) is 1.40. The second-order valence-corrected chi connectivity index (χ2v) is 6.13. The molecule has 0 spiro atoms. The molecule has 0 bridgehead atoms. The van der Waals surface area contributed by atoms with Crippen molar-refractivity contribution in [2.75, 3.05) is 13.2 Å². The number of rotatable bonds is 2. The number of aryl methyl sites for hydroxylation is 1. The molecule has 3 heterocycles. The maximum atomic E-state index is 14.5. The average molecular weight is 353 g/mol. The van der Waals surface area contributed by atoms with Crippen molar-refractivity contribution >= 4 is 34.2 Å². The van der Waals surface area contributed by atoms with Crippen LogP contribution in [0.4, 0.5) is 4.39 Å². The Hall–Kier alpha value is -1.76. The number of imidazole rings is 1. The van der Waals surface area contributed by atoms with Crippen molar-refractivity contribution in [3.8, 4) is 11.3 Å². The van der Waals surface area contributed by atoms with E-state index in [2.05, 4.69) is 15.0 Å². The van der Waals surface area contributed by atoms with E-state index in [0.717, 1.165) is 5.82 Å². The van der Waals surface area contributed by atoms with Gasteiger partial charge in [-0.05, 0) is 30.7 Å². The fourth-order valence-electron chi connectivity index (χ4n) is 2.79. The van der Waals surface area contributed by atoms with E-state index in [1.165, 1.54) is 12.3 Å². The number of hydrogen-bond acceptors (Lipinski definition) is 4. The van der Waals surface area contributed by atoms with Crippen LogP contribution in [0.25, 0.3) is 22.3 Å². The van der Waals surface area contributed by atoms with E-state index in [9.17, 15) is 4.39 Å². The second kappa shape index (κ2) is 5.40. The number of aromatic nitrogens is 4. The summed E-state index contributed by atoms with van der Waals surface area (Å²) in [7, 11) is 0. The zero-order chi connectivity index (χ0) is 16.1. The summed E-state index contributed by atoms with van der Waals surface area (Å²) in [6.45, 7) is 3.04. The lowest BCUT2D eigenvalue weighted by molar-refractivity contribution is -0.0224. The van der Waals surface area contributed by atoms with Gasteiger partial charge in [-0.15, -0.1) is 0 Å². The van der Waals surface area contributed by atoms with Crippen LogP contribution in [0.5, 0.6) is 0 Å². The molecule has 1 saturated heterocycles. The third-order valence-corrected chi connectivity index (χ3v) is 4.36. The molecule has 0 N–H and O–H groups in total. The van der Waals surface area contributed by atoms with Gasteiger partial charge in [-0.2, -0.15) is 0 Å². The van der Waals surface area contributed by atoms with Crippen LogP contribution in [-0.4, -0.2) is 32.7 Å². The van der Waals surface area contributed by atoms with Crippen molar-refractivity contribution in [2.45, 2.75) is 13.0 Å². The molecule has 0 aliphatic carbocycles. The topological polar surface area (TPSA) is 52.8 Å². The number of benzene rings is 1. The fourth-order valence-corrected chi connectivity index (χ4v) is 3.12. The van der Waals surface area contributed by atoms with E-state index < -0.39 is 5.82 Å². The molecule has 3 aromatic rings. The summed E-state index contributed by atoms with van der Waals surface area (Å²) < 4.78 is 21.7. The van der Waals surface area contributed by atoms with E-state index in [1.54, 1.807) is 0 Å². The zero-order valence-corrected chi connectivity index (χ0v) is 13.6. The van der Waals surface area contributed by atoms with Gasteiger partial charge in [0.05, 0.1) is 41.7 Å². The number of nitrogens with zero attached hydrogens (tertiary/aromatic N) is 4. The minimum atomic E-state index is -0.426. The third-order valence-electron chi connectivity index (χ3n) is 3.90. The summed E-state index contributed by atoms with van der Waals surface area (Å²) in [4.78, 5) is 12.3. The Morgan fingerprint density at radius 2 is 2.04 bits per heavy atom. The maximum absolute atomic E-state index is 14.5. The van der Waals surface area contributed by atoms with Crippen LogP contribution < -0.4 is 0 Å². The molecule has 0 amide bonds. The zero-order valence-electron chi connectivity index (χ0n) is 12.1. The molecular formula is C15H11Cl2FN4O. The first-order valence-electron chi connectivity index (χ1n) is 6.99. The Morgan fingerprint density at radius 1 is 1.26 bits per heavy atom. The van der Waals surface area contributed by atoms with E-state index in [0.29, 0.717) is 40.5 Å². The lowest BCUT2D eigenvalue weighted by Gasteiger charge is -2.29. The molecule has 118 valence electrons. The Morgan fingerprint density at radius 3 is 2.74 bits per heavy atom. The molecule has 23 heavy (non-hydrogen) atoms. The molecule has 1 aliphatic rings. The van der Waals surface area contributed by atoms with Gasteiger partial charge in [0.2, 0.25) is 5.28 Å². The smallest absolute Gasteiger partial charge is 0.222 e. The summed E-state index contributed by atoms with van der Waals surface area (Å²) in [6, 6.07) is 3.35. The van der Waals surface area contributed by atoms with E-state index in [-0.39, 0.29) is 11.3 Å². The maximum Gasteiger partial charge on any atom is 0.222 e. The van der Waals surface area contributed by atoms with E-state index in [4.69, 9.17) is 27.9 Å². The number of ether oxygens (including phenoxy) is 1. The van der Waals surface area contributed by atoms with Gasteiger partial charge in [0.15, 0.2) is 5.82 Å². The van der Waals surface area contributed by atoms with Crippen molar-refractivity contribution in [2.24, 2.45) is 0 Å². The molecular weight excluding hydrogens is 342 g/mol.